The lowest BCUT2D eigenvalue weighted by Crippen LogP contribution is -2.17. The molecule has 0 radical (unpaired) electrons. The van der Waals surface area contributed by atoms with E-state index in [1.54, 1.807) is 0 Å². The summed E-state index contributed by atoms with van der Waals surface area (Å²) in [6.45, 7) is 5.57. The van der Waals surface area contributed by atoms with Gasteiger partial charge in [-0.15, -0.1) is 0 Å². The summed E-state index contributed by atoms with van der Waals surface area (Å²) in [6, 6.07) is 0. The van der Waals surface area contributed by atoms with Gasteiger partial charge in [0, 0.05) is 6.61 Å². The number of ether oxygens (including phenoxy) is 2. The number of hydrogen-bond acceptors (Lipinski definition) is 3. The van der Waals surface area contributed by atoms with E-state index >= 15 is 0 Å². The number of esters is 1. The third-order valence-electron chi connectivity index (χ3n) is 3.51. The Bertz CT molecular complexity index is 206. The molecular weight excluding hydrogens is 216 g/mol. The molecule has 0 aromatic carbocycles. The Labute approximate surface area is 105 Å². The van der Waals surface area contributed by atoms with Gasteiger partial charge >= 0.3 is 5.97 Å². The minimum Gasteiger partial charge on any atom is -0.465 e. The number of carbonyl (C=O) groups is 1. The van der Waals surface area contributed by atoms with Crippen molar-refractivity contribution >= 4 is 5.97 Å². The Morgan fingerprint density at radius 2 is 2.12 bits per heavy atom. The highest BCUT2D eigenvalue weighted by Crippen LogP contribution is 2.17. The summed E-state index contributed by atoms with van der Waals surface area (Å²) in [5.41, 5.74) is 0. The molecule has 0 spiro atoms. The zero-order valence-corrected chi connectivity index (χ0v) is 11.2. The predicted molar refractivity (Wildman–Crippen MR) is 67.9 cm³/mol. The first-order valence-electron chi connectivity index (χ1n) is 7.06. The van der Waals surface area contributed by atoms with E-state index in [1.807, 2.05) is 13.8 Å². The van der Waals surface area contributed by atoms with Gasteiger partial charge in [-0.25, -0.2) is 0 Å². The molecule has 100 valence electrons. The molecule has 0 saturated carbocycles. The van der Waals surface area contributed by atoms with Crippen LogP contribution in [0.1, 0.15) is 58.8 Å². The Balaban J connectivity index is 1.97. The van der Waals surface area contributed by atoms with Gasteiger partial charge in [-0.1, -0.05) is 13.8 Å². The molecule has 0 aromatic rings. The van der Waals surface area contributed by atoms with E-state index in [9.17, 15) is 4.79 Å². The molecule has 1 rings (SSSR count). The normalized spacial score (nSPS) is 19.8. The quantitative estimate of drug-likeness (QED) is 0.484. The Kier molecular flexibility index (Phi) is 7.25. The van der Waals surface area contributed by atoms with Gasteiger partial charge < -0.3 is 9.47 Å². The van der Waals surface area contributed by atoms with Crippen molar-refractivity contribution in [2.75, 3.05) is 13.2 Å². The van der Waals surface area contributed by atoms with E-state index in [0.717, 1.165) is 38.7 Å². The van der Waals surface area contributed by atoms with Crippen LogP contribution >= 0.6 is 0 Å². The molecule has 3 heteroatoms. The van der Waals surface area contributed by atoms with Crippen LogP contribution in [0.2, 0.25) is 0 Å². The third kappa shape index (κ3) is 5.53. The number of unbranched alkanes of at least 4 members (excludes halogenated alkanes) is 1. The van der Waals surface area contributed by atoms with Gasteiger partial charge in [0.2, 0.25) is 0 Å². The summed E-state index contributed by atoms with van der Waals surface area (Å²) in [5, 5.41) is 0. The molecule has 1 atom stereocenters. The smallest absolute Gasteiger partial charge is 0.308 e. The number of hydrogen-bond donors (Lipinski definition) is 0. The monoisotopic (exact) mass is 242 g/mol. The highest BCUT2D eigenvalue weighted by atomic mass is 16.5. The van der Waals surface area contributed by atoms with Crippen LogP contribution in [0, 0.1) is 5.92 Å². The van der Waals surface area contributed by atoms with Crippen molar-refractivity contribution < 1.29 is 14.3 Å². The van der Waals surface area contributed by atoms with Crippen LogP contribution in [0.5, 0.6) is 0 Å². The molecule has 0 aliphatic carbocycles. The maximum Gasteiger partial charge on any atom is 0.308 e. The molecule has 1 saturated heterocycles. The van der Waals surface area contributed by atoms with Crippen LogP contribution in [0.4, 0.5) is 0 Å². The van der Waals surface area contributed by atoms with Crippen LogP contribution in [0.15, 0.2) is 0 Å². The second kappa shape index (κ2) is 8.51. The molecule has 3 nitrogen and oxygen atoms in total. The second-order valence-corrected chi connectivity index (χ2v) is 4.81. The van der Waals surface area contributed by atoms with Crippen molar-refractivity contribution in [1.29, 1.82) is 0 Å². The van der Waals surface area contributed by atoms with Crippen LogP contribution in [0.25, 0.3) is 0 Å². The minimum atomic E-state index is -0.0212. The molecule has 1 aliphatic heterocycles. The topological polar surface area (TPSA) is 35.5 Å². The summed E-state index contributed by atoms with van der Waals surface area (Å²) >= 11 is 0. The van der Waals surface area contributed by atoms with Crippen LogP contribution < -0.4 is 0 Å². The summed E-state index contributed by atoms with van der Waals surface area (Å²) < 4.78 is 10.8. The van der Waals surface area contributed by atoms with Gasteiger partial charge in [0.1, 0.15) is 0 Å². The summed E-state index contributed by atoms with van der Waals surface area (Å²) in [5.74, 6) is 0.0697. The van der Waals surface area contributed by atoms with Gasteiger partial charge in [0.05, 0.1) is 18.6 Å². The van der Waals surface area contributed by atoms with Crippen molar-refractivity contribution in [3.05, 3.63) is 0 Å². The predicted octanol–water partition coefficient (Wildman–Crippen LogP) is 3.32. The highest BCUT2D eigenvalue weighted by Gasteiger charge is 2.16. The van der Waals surface area contributed by atoms with Crippen molar-refractivity contribution in [3.8, 4) is 0 Å². The highest BCUT2D eigenvalue weighted by molar-refractivity contribution is 5.72. The van der Waals surface area contributed by atoms with Crippen LogP contribution in [0.3, 0.4) is 0 Å². The fourth-order valence-electron chi connectivity index (χ4n) is 2.26. The third-order valence-corrected chi connectivity index (χ3v) is 3.51. The van der Waals surface area contributed by atoms with Crippen molar-refractivity contribution in [2.45, 2.75) is 64.9 Å². The molecule has 0 aromatic heterocycles. The standard InChI is InChI=1S/C14H26O3/c1-3-12(4-2)14(15)17-10-6-5-8-13-9-7-11-16-13/h12-13H,3-11H2,1-2H3/t13-/m0/s1. The second-order valence-electron chi connectivity index (χ2n) is 4.81. The summed E-state index contributed by atoms with van der Waals surface area (Å²) in [7, 11) is 0. The molecule has 17 heavy (non-hydrogen) atoms. The van der Waals surface area contributed by atoms with E-state index in [1.165, 1.54) is 12.8 Å². The first kappa shape index (κ1) is 14.5. The van der Waals surface area contributed by atoms with Crippen LogP contribution in [-0.2, 0) is 14.3 Å². The number of rotatable bonds is 8. The summed E-state index contributed by atoms with van der Waals surface area (Å²) in [4.78, 5) is 11.6. The van der Waals surface area contributed by atoms with Crippen molar-refractivity contribution in [3.63, 3.8) is 0 Å². The Hall–Kier alpha value is -0.570. The fourth-order valence-corrected chi connectivity index (χ4v) is 2.26. The first-order valence-corrected chi connectivity index (χ1v) is 7.06. The first-order chi connectivity index (χ1) is 8.27. The summed E-state index contributed by atoms with van der Waals surface area (Å²) in [6.07, 6.45) is 7.80. The molecule has 0 unspecified atom stereocenters. The molecule has 0 N–H and O–H groups in total. The molecule has 0 amide bonds. The van der Waals surface area contributed by atoms with E-state index < -0.39 is 0 Å². The van der Waals surface area contributed by atoms with E-state index in [4.69, 9.17) is 9.47 Å². The SMILES string of the molecule is CCC(CC)C(=O)OCCCC[C@H]1CCCO1. The Morgan fingerprint density at radius 3 is 2.71 bits per heavy atom. The minimum absolute atomic E-state index is 0.0212. The van der Waals surface area contributed by atoms with Crippen LogP contribution in [-0.4, -0.2) is 25.3 Å². The van der Waals surface area contributed by atoms with Crippen molar-refractivity contribution in [2.24, 2.45) is 5.92 Å². The van der Waals surface area contributed by atoms with E-state index in [2.05, 4.69) is 0 Å². The van der Waals surface area contributed by atoms with Gasteiger partial charge in [0.15, 0.2) is 0 Å². The molecule has 1 aliphatic rings. The Morgan fingerprint density at radius 1 is 1.35 bits per heavy atom. The zero-order chi connectivity index (χ0) is 12.5. The molecular formula is C14H26O3. The zero-order valence-electron chi connectivity index (χ0n) is 11.2. The lowest BCUT2D eigenvalue weighted by molar-refractivity contribution is -0.148. The maximum atomic E-state index is 11.6. The number of carbonyl (C=O) groups excluding carboxylic acids is 1. The van der Waals surface area contributed by atoms with Gasteiger partial charge in [-0.3, -0.25) is 4.79 Å². The largest absolute Gasteiger partial charge is 0.465 e. The van der Waals surface area contributed by atoms with Gasteiger partial charge in [-0.2, -0.15) is 0 Å². The average Bonchev–Trinajstić information content (AvgIpc) is 2.83. The van der Waals surface area contributed by atoms with E-state index in [-0.39, 0.29) is 11.9 Å². The molecule has 0 bridgehead atoms. The molecule has 1 heterocycles. The average molecular weight is 242 g/mol. The molecule has 1 fully saturated rings. The maximum absolute atomic E-state index is 11.6. The van der Waals surface area contributed by atoms with Crippen molar-refractivity contribution in [1.82, 2.24) is 0 Å². The van der Waals surface area contributed by atoms with Gasteiger partial charge in [-0.05, 0) is 44.9 Å². The lowest BCUT2D eigenvalue weighted by atomic mass is 10.0. The van der Waals surface area contributed by atoms with Gasteiger partial charge in [0.25, 0.3) is 0 Å². The van der Waals surface area contributed by atoms with E-state index in [0.29, 0.717) is 12.7 Å². The fraction of sp³-hybridized carbons (Fsp3) is 0.929. The lowest BCUT2D eigenvalue weighted by Gasteiger charge is -2.12.